The fourth-order valence-corrected chi connectivity index (χ4v) is 3.61. The Kier molecular flexibility index (Phi) is 3.57. The lowest BCUT2D eigenvalue weighted by atomic mass is 9.99. The second-order valence-corrected chi connectivity index (χ2v) is 6.42. The molecule has 24 heavy (non-hydrogen) atoms. The Balaban J connectivity index is 2.02. The van der Waals surface area contributed by atoms with Gasteiger partial charge >= 0.3 is 0 Å². The highest BCUT2D eigenvalue weighted by Gasteiger charge is 2.21. The van der Waals surface area contributed by atoms with Crippen molar-refractivity contribution in [2.24, 2.45) is 0 Å². The molecule has 0 aliphatic heterocycles. The number of pyridine rings is 1. The van der Waals surface area contributed by atoms with Crippen LogP contribution in [0.3, 0.4) is 0 Å². The Morgan fingerprint density at radius 3 is 2.50 bits per heavy atom. The van der Waals surface area contributed by atoms with Gasteiger partial charge in [-0.05, 0) is 60.2 Å². The Bertz CT molecular complexity index is 1010. The molecule has 118 valence electrons. The van der Waals surface area contributed by atoms with Crippen LogP contribution in [0.15, 0.2) is 60.7 Å². The van der Waals surface area contributed by atoms with Crippen molar-refractivity contribution in [2.45, 2.75) is 27.2 Å². The van der Waals surface area contributed by atoms with E-state index in [1.165, 1.54) is 38.8 Å². The molecule has 0 saturated carbocycles. The number of hydrogen-bond donors (Lipinski definition) is 0. The minimum atomic E-state index is 1.05. The van der Waals surface area contributed by atoms with Crippen molar-refractivity contribution in [3.63, 3.8) is 0 Å². The topological polar surface area (TPSA) is 12.9 Å². The molecule has 1 aliphatic carbocycles. The number of hydrogen-bond acceptors (Lipinski definition) is 1. The highest BCUT2D eigenvalue weighted by Crippen LogP contribution is 2.43. The third kappa shape index (κ3) is 2.20. The van der Waals surface area contributed by atoms with E-state index in [-0.39, 0.29) is 0 Å². The van der Waals surface area contributed by atoms with Gasteiger partial charge in [0.2, 0.25) is 0 Å². The summed E-state index contributed by atoms with van der Waals surface area (Å²) in [5.41, 5.74) is 9.94. The second kappa shape index (κ2) is 5.76. The van der Waals surface area contributed by atoms with Gasteiger partial charge < -0.3 is 0 Å². The number of nitrogens with zero attached hydrogens (tertiary/aromatic N) is 1. The highest BCUT2D eigenvalue weighted by molar-refractivity contribution is 6.15. The van der Waals surface area contributed by atoms with Gasteiger partial charge in [0.15, 0.2) is 0 Å². The molecule has 1 nitrogen and oxygen atoms in total. The summed E-state index contributed by atoms with van der Waals surface area (Å²) in [4.78, 5) is 4.97. The monoisotopic (exact) mass is 311 g/mol. The molecule has 0 fully saturated rings. The molecule has 2 aromatic carbocycles. The maximum absolute atomic E-state index is 4.97. The fraction of sp³-hybridized carbons (Fsp3) is 0.174. The van der Waals surface area contributed by atoms with Gasteiger partial charge in [0.25, 0.3) is 0 Å². The maximum atomic E-state index is 4.97. The van der Waals surface area contributed by atoms with Crippen LogP contribution in [0.1, 0.15) is 37.0 Å². The van der Waals surface area contributed by atoms with Crippen LogP contribution < -0.4 is 0 Å². The second-order valence-electron chi connectivity index (χ2n) is 6.42. The average molecular weight is 311 g/mol. The van der Waals surface area contributed by atoms with Gasteiger partial charge in [-0.2, -0.15) is 0 Å². The molecule has 1 heterocycles. The van der Waals surface area contributed by atoms with E-state index >= 15 is 0 Å². The van der Waals surface area contributed by atoms with Crippen LogP contribution in [0.4, 0.5) is 0 Å². The van der Waals surface area contributed by atoms with Gasteiger partial charge in [-0.1, -0.05) is 55.5 Å². The smallest absolute Gasteiger partial charge is 0.0721 e. The summed E-state index contributed by atoms with van der Waals surface area (Å²) in [7, 11) is 0. The van der Waals surface area contributed by atoms with E-state index in [2.05, 4.69) is 81.5 Å². The van der Waals surface area contributed by atoms with E-state index in [9.17, 15) is 0 Å². The predicted molar refractivity (Wildman–Crippen MR) is 104 cm³/mol. The number of aromatic nitrogens is 1. The SMILES string of the molecule is CC/C=C\C1=C(C)c2cccc3nc(-c4ccccc4C)cc1c23. The molecule has 0 unspecified atom stereocenters. The van der Waals surface area contributed by atoms with Crippen molar-refractivity contribution in [3.8, 4) is 11.3 Å². The first-order valence-corrected chi connectivity index (χ1v) is 8.58. The highest BCUT2D eigenvalue weighted by atomic mass is 14.7. The van der Waals surface area contributed by atoms with Crippen LogP contribution in [0.5, 0.6) is 0 Å². The number of benzene rings is 2. The summed E-state index contributed by atoms with van der Waals surface area (Å²) in [5, 5.41) is 1.29. The number of rotatable bonds is 3. The molecule has 0 saturated heterocycles. The van der Waals surface area contributed by atoms with Crippen LogP contribution in [-0.4, -0.2) is 4.98 Å². The minimum Gasteiger partial charge on any atom is -0.248 e. The molecule has 0 radical (unpaired) electrons. The van der Waals surface area contributed by atoms with Crippen LogP contribution in [0.2, 0.25) is 0 Å². The van der Waals surface area contributed by atoms with E-state index in [0.717, 1.165) is 17.6 Å². The summed E-state index contributed by atoms with van der Waals surface area (Å²) >= 11 is 0. The summed E-state index contributed by atoms with van der Waals surface area (Å²) in [6.07, 6.45) is 5.56. The molecule has 3 aromatic rings. The summed E-state index contributed by atoms with van der Waals surface area (Å²) in [5.74, 6) is 0. The largest absolute Gasteiger partial charge is 0.248 e. The molecule has 0 spiro atoms. The van der Waals surface area contributed by atoms with Gasteiger partial charge in [0, 0.05) is 10.9 Å². The average Bonchev–Trinajstić information content (AvgIpc) is 2.87. The Labute approximate surface area is 143 Å². The van der Waals surface area contributed by atoms with Gasteiger partial charge in [-0.25, -0.2) is 4.98 Å². The van der Waals surface area contributed by atoms with E-state index in [4.69, 9.17) is 4.98 Å². The van der Waals surface area contributed by atoms with Gasteiger partial charge in [-0.15, -0.1) is 0 Å². The summed E-state index contributed by atoms with van der Waals surface area (Å²) in [6, 6.07) is 17.2. The normalized spacial score (nSPS) is 13.5. The molecule has 1 aromatic heterocycles. The first-order chi connectivity index (χ1) is 11.7. The van der Waals surface area contributed by atoms with Crippen LogP contribution >= 0.6 is 0 Å². The molecule has 1 aliphatic rings. The Morgan fingerprint density at radius 1 is 0.917 bits per heavy atom. The van der Waals surface area contributed by atoms with Gasteiger partial charge in [-0.3, -0.25) is 0 Å². The van der Waals surface area contributed by atoms with Crippen molar-refractivity contribution in [1.29, 1.82) is 0 Å². The van der Waals surface area contributed by atoms with Crippen molar-refractivity contribution < 1.29 is 0 Å². The van der Waals surface area contributed by atoms with Crippen LogP contribution in [0.25, 0.3) is 33.3 Å². The predicted octanol–water partition coefficient (Wildman–Crippen LogP) is 6.42. The molecular formula is C23H21N. The molecule has 4 rings (SSSR count). The van der Waals surface area contributed by atoms with Crippen LogP contribution in [-0.2, 0) is 0 Å². The number of allylic oxidation sites excluding steroid dienone is 4. The summed E-state index contributed by atoms with van der Waals surface area (Å²) < 4.78 is 0. The van der Waals surface area contributed by atoms with Gasteiger partial charge in [0.05, 0.1) is 11.2 Å². The number of aryl methyl sites for hydroxylation is 1. The molecule has 0 amide bonds. The minimum absolute atomic E-state index is 1.05. The third-order valence-corrected chi connectivity index (χ3v) is 4.87. The fourth-order valence-electron chi connectivity index (χ4n) is 3.61. The Morgan fingerprint density at radius 2 is 1.71 bits per heavy atom. The van der Waals surface area contributed by atoms with E-state index < -0.39 is 0 Å². The first-order valence-electron chi connectivity index (χ1n) is 8.58. The molecule has 0 bridgehead atoms. The van der Waals surface area contributed by atoms with Crippen LogP contribution in [0, 0.1) is 6.92 Å². The first kappa shape index (κ1) is 14.9. The lowest BCUT2D eigenvalue weighted by Gasteiger charge is -2.10. The molecule has 0 N–H and O–H groups in total. The molecule has 0 atom stereocenters. The standard InChI is InChI=1S/C23H21N/c1-4-5-10-18-16(3)19-12-8-13-21-23(19)20(18)14-22(24-21)17-11-7-6-9-15(17)2/h5-14H,4H2,1-3H3/b10-5-. The zero-order valence-electron chi connectivity index (χ0n) is 14.4. The van der Waals surface area contributed by atoms with E-state index in [0.29, 0.717) is 0 Å². The molecule has 1 heteroatoms. The van der Waals surface area contributed by atoms with Gasteiger partial charge in [0.1, 0.15) is 0 Å². The van der Waals surface area contributed by atoms with E-state index in [1.54, 1.807) is 0 Å². The van der Waals surface area contributed by atoms with Crippen molar-refractivity contribution >= 4 is 22.0 Å². The lowest BCUT2D eigenvalue weighted by molar-refractivity contribution is 1.23. The third-order valence-electron chi connectivity index (χ3n) is 4.87. The zero-order chi connectivity index (χ0) is 16.7. The van der Waals surface area contributed by atoms with Crippen molar-refractivity contribution in [3.05, 3.63) is 77.4 Å². The molecular weight excluding hydrogens is 290 g/mol. The van der Waals surface area contributed by atoms with Crippen molar-refractivity contribution in [2.75, 3.05) is 0 Å². The summed E-state index contributed by atoms with van der Waals surface area (Å²) in [6.45, 7) is 6.54. The Hall–Kier alpha value is -2.67. The quantitative estimate of drug-likeness (QED) is 0.544. The van der Waals surface area contributed by atoms with E-state index in [1.807, 2.05) is 0 Å². The lowest BCUT2D eigenvalue weighted by Crippen LogP contribution is -1.91. The van der Waals surface area contributed by atoms with Crippen molar-refractivity contribution in [1.82, 2.24) is 4.98 Å². The maximum Gasteiger partial charge on any atom is 0.0721 e. The zero-order valence-corrected chi connectivity index (χ0v) is 14.4.